The first kappa shape index (κ1) is 20.9. The van der Waals surface area contributed by atoms with Gasteiger partial charge in [0.25, 0.3) is 0 Å². The first-order valence-corrected chi connectivity index (χ1v) is 10.9. The number of hydrogen-bond donors (Lipinski definition) is 0. The van der Waals surface area contributed by atoms with Gasteiger partial charge in [-0.05, 0) is 55.4 Å². The molecule has 0 aromatic heterocycles. The highest BCUT2D eigenvalue weighted by molar-refractivity contribution is 5.63. The monoisotopic (exact) mass is 382 g/mol. The molecule has 0 aliphatic carbocycles. The predicted octanol–water partition coefficient (Wildman–Crippen LogP) is 6.62. The zero-order valence-corrected chi connectivity index (χ0v) is 17.0. The van der Waals surface area contributed by atoms with Crippen molar-refractivity contribution in [2.75, 3.05) is 19.8 Å². The van der Waals surface area contributed by atoms with Gasteiger partial charge < -0.3 is 14.2 Å². The second kappa shape index (κ2) is 12.6. The molecule has 0 radical (unpaired) electrons. The molecule has 0 amide bonds. The van der Waals surface area contributed by atoms with E-state index >= 15 is 0 Å². The second-order valence-electron chi connectivity index (χ2n) is 7.53. The first-order chi connectivity index (χ1) is 13.9. The zero-order valence-electron chi connectivity index (χ0n) is 17.0. The summed E-state index contributed by atoms with van der Waals surface area (Å²) in [5.41, 5.74) is 2.47. The van der Waals surface area contributed by atoms with Crippen LogP contribution in [-0.4, -0.2) is 26.1 Å². The van der Waals surface area contributed by atoms with Crippen LogP contribution >= 0.6 is 0 Å². The van der Waals surface area contributed by atoms with E-state index in [1.807, 2.05) is 6.07 Å². The van der Waals surface area contributed by atoms with Gasteiger partial charge in [-0.15, -0.1) is 0 Å². The lowest BCUT2D eigenvalue weighted by atomic mass is 10.1. The molecule has 1 saturated heterocycles. The maximum absolute atomic E-state index is 5.88. The van der Waals surface area contributed by atoms with Crippen molar-refractivity contribution in [3.8, 4) is 16.9 Å². The molecule has 1 unspecified atom stereocenters. The topological polar surface area (TPSA) is 27.7 Å². The molecule has 28 heavy (non-hydrogen) atoms. The minimum Gasteiger partial charge on any atom is -0.494 e. The molecule has 3 rings (SSSR count). The molecule has 3 nitrogen and oxygen atoms in total. The SMILES string of the molecule is c1ccc(-c2ccc(OCCCCCCCCOC3CCCCO3)cc2)cc1. The summed E-state index contributed by atoms with van der Waals surface area (Å²) in [6.07, 6.45) is 10.8. The Hall–Kier alpha value is -1.84. The van der Waals surface area contributed by atoms with Gasteiger partial charge in [-0.3, -0.25) is 0 Å². The van der Waals surface area contributed by atoms with Crippen molar-refractivity contribution in [2.24, 2.45) is 0 Å². The van der Waals surface area contributed by atoms with Crippen molar-refractivity contribution in [3.05, 3.63) is 54.6 Å². The van der Waals surface area contributed by atoms with Gasteiger partial charge in [0.15, 0.2) is 6.29 Å². The second-order valence-corrected chi connectivity index (χ2v) is 7.53. The highest BCUT2D eigenvalue weighted by Gasteiger charge is 2.13. The Morgan fingerprint density at radius 1 is 0.714 bits per heavy atom. The van der Waals surface area contributed by atoms with E-state index in [2.05, 4.69) is 48.5 Å². The van der Waals surface area contributed by atoms with Crippen molar-refractivity contribution in [1.29, 1.82) is 0 Å². The first-order valence-electron chi connectivity index (χ1n) is 10.9. The fourth-order valence-electron chi connectivity index (χ4n) is 3.53. The summed E-state index contributed by atoms with van der Waals surface area (Å²) in [4.78, 5) is 0. The summed E-state index contributed by atoms with van der Waals surface area (Å²) in [6.45, 7) is 2.50. The molecule has 2 aromatic carbocycles. The standard InChI is InChI=1S/C25H34O3/c1(2-4-10-20-27-25-14-8-11-21-28-25)3-9-19-26-24-17-15-23(16-18-24)22-12-6-5-7-13-22/h5-7,12-13,15-18,25H,1-4,8-11,14,19-21H2. The third kappa shape index (κ3) is 7.65. The van der Waals surface area contributed by atoms with Crippen LogP contribution in [0.2, 0.25) is 0 Å². The van der Waals surface area contributed by atoms with Crippen LogP contribution in [0.5, 0.6) is 5.75 Å². The Morgan fingerprint density at radius 3 is 2.11 bits per heavy atom. The van der Waals surface area contributed by atoms with Gasteiger partial charge in [-0.25, -0.2) is 0 Å². The van der Waals surface area contributed by atoms with E-state index in [0.29, 0.717) is 0 Å². The number of ether oxygens (including phenoxy) is 3. The molecule has 152 valence electrons. The average Bonchev–Trinajstić information content (AvgIpc) is 2.77. The summed E-state index contributed by atoms with van der Waals surface area (Å²) < 4.78 is 17.2. The third-order valence-electron chi connectivity index (χ3n) is 5.21. The van der Waals surface area contributed by atoms with E-state index in [0.717, 1.165) is 44.8 Å². The van der Waals surface area contributed by atoms with Gasteiger partial charge in [0.1, 0.15) is 5.75 Å². The van der Waals surface area contributed by atoms with Crippen molar-refractivity contribution in [3.63, 3.8) is 0 Å². The summed E-state index contributed by atoms with van der Waals surface area (Å²) in [6, 6.07) is 18.8. The summed E-state index contributed by atoms with van der Waals surface area (Å²) >= 11 is 0. The molecular formula is C25H34O3. The molecule has 0 bridgehead atoms. The molecule has 0 spiro atoms. The van der Waals surface area contributed by atoms with Crippen LogP contribution in [0.3, 0.4) is 0 Å². The summed E-state index contributed by atoms with van der Waals surface area (Å²) in [7, 11) is 0. The molecule has 1 fully saturated rings. The van der Waals surface area contributed by atoms with Crippen LogP contribution in [0.25, 0.3) is 11.1 Å². The lowest BCUT2D eigenvalue weighted by molar-refractivity contribution is -0.162. The van der Waals surface area contributed by atoms with Crippen LogP contribution in [0, 0.1) is 0 Å². The van der Waals surface area contributed by atoms with Crippen LogP contribution in [0.15, 0.2) is 54.6 Å². The Balaban J connectivity index is 1.17. The highest BCUT2D eigenvalue weighted by atomic mass is 16.7. The minimum absolute atomic E-state index is 0.0626. The lowest BCUT2D eigenvalue weighted by Gasteiger charge is -2.22. The minimum atomic E-state index is 0.0626. The molecule has 1 heterocycles. The number of hydrogen-bond acceptors (Lipinski definition) is 3. The molecular weight excluding hydrogens is 348 g/mol. The molecule has 1 aliphatic rings. The van der Waals surface area contributed by atoms with E-state index in [1.54, 1.807) is 0 Å². The summed E-state index contributed by atoms with van der Waals surface area (Å²) in [5.74, 6) is 0.960. The lowest BCUT2D eigenvalue weighted by Crippen LogP contribution is -2.22. The van der Waals surface area contributed by atoms with Crippen LogP contribution in [0.4, 0.5) is 0 Å². The zero-order chi connectivity index (χ0) is 19.3. The van der Waals surface area contributed by atoms with Crippen molar-refractivity contribution in [2.45, 2.75) is 64.1 Å². The molecule has 0 saturated carbocycles. The van der Waals surface area contributed by atoms with E-state index < -0.39 is 0 Å². The predicted molar refractivity (Wildman–Crippen MR) is 115 cm³/mol. The number of benzene rings is 2. The van der Waals surface area contributed by atoms with Gasteiger partial charge in [-0.2, -0.15) is 0 Å². The normalized spacial score (nSPS) is 16.8. The molecule has 1 aliphatic heterocycles. The maximum Gasteiger partial charge on any atom is 0.157 e. The van der Waals surface area contributed by atoms with Gasteiger partial charge in [-0.1, -0.05) is 68.1 Å². The van der Waals surface area contributed by atoms with Crippen molar-refractivity contribution in [1.82, 2.24) is 0 Å². The smallest absolute Gasteiger partial charge is 0.157 e. The van der Waals surface area contributed by atoms with Crippen LogP contribution in [-0.2, 0) is 9.47 Å². The Labute approximate surface area is 170 Å². The fourth-order valence-corrected chi connectivity index (χ4v) is 3.53. The summed E-state index contributed by atoms with van der Waals surface area (Å²) in [5, 5.41) is 0. The van der Waals surface area contributed by atoms with Crippen molar-refractivity contribution >= 4 is 0 Å². The van der Waals surface area contributed by atoms with E-state index in [9.17, 15) is 0 Å². The van der Waals surface area contributed by atoms with E-state index in [1.165, 1.54) is 49.7 Å². The quantitative estimate of drug-likeness (QED) is 0.386. The maximum atomic E-state index is 5.88. The van der Waals surface area contributed by atoms with E-state index in [-0.39, 0.29) is 6.29 Å². The fraction of sp³-hybridized carbons (Fsp3) is 0.520. The van der Waals surface area contributed by atoms with Crippen molar-refractivity contribution < 1.29 is 14.2 Å². The van der Waals surface area contributed by atoms with E-state index in [4.69, 9.17) is 14.2 Å². The number of unbranched alkanes of at least 4 members (excludes halogenated alkanes) is 5. The third-order valence-corrected chi connectivity index (χ3v) is 5.21. The Morgan fingerprint density at radius 2 is 1.39 bits per heavy atom. The van der Waals surface area contributed by atoms with Gasteiger partial charge in [0.2, 0.25) is 0 Å². The molecule has 1 atom stereocenters. The number of rotatable bonds is 12. The van der Waals surface area contributed by atoms with Crippen LogP contribution in [0.1, 0.15) is 57.8 Å². The van der Waals surface area contributed by atoms with Crippen LogP contribution < -0.4 is 4.74 Å². The Bertz CT molecular complexity index is 633. The van der Waals surface area contributed by atoms with Gasteiger partial charge >= 0.3 is 0 Å². The molecule has 2 aromatic rings. The average molecular weight is 383 g/mol. The molecule has 0 N–H and O–H groups in total. The largest absolute Gasteiger partial charge is 0.494 e. The van der Waals surface area contributed by atoms with Gasteiger partial charge in [0, 0.05) is 13.2 Å². The van der Waals surface area contributed by atoms with Gasteiger partial charge in [0.05, 0.1) is 6.61 Å². The highest BCUT2D eigenvalue weighted by Crippen LogP contribution is 2.22. The Kier molecular flexibility index (Phi) is 9.39. The molecule has 3 heteroatoms.